The van der Waals surface area contributed by atoms with Gasteiger partial charge in [-0.1, -0.05) is 6.92 Å². The lowest BCUT2D eigenvalue weighted by Crippen LogP contribution is -2.41. The predicted octanol–water partition coefficient (Wildman–Crippen LogP) is 1.91. The molecule has 0 aromatic heterocycles. The van der Waals surface area contributed by atoms with Gasteiger partial charge in [0.05, 0.1) is 0 Å². The highest BCUT2D eigenvalue weighted by atomic mass is 15.0. The van der Waals surface area contributed by atoms with Crippen molar-refractivity contribution < 1.29 is 0 Å². The average molecular weight is 196 g/mol. The van der Waals surface area contributed by atoms with Gasteiger partial charge < -0.3 is 10.6 Å². The van der Waals surface area contributed by atoms with Gasteiger partial charge in [-0.3, -0.25) is 0 Å². The summed E-state index contributed by atoms with van der Waals surface area (Å²) in [5.74, 6) is 0.970. The summed E-state index contributed by atoms with van der Waals surface area (Å²) in [5.41, 5.74) is 0. The fraction of sp³-hybridized carbons (Fsp3) is 1.00. The molecule has 0 spiro atoms. The summed E-state index contributed by atoms with van der Waals surface area (Å²) in [6, 6.07) is 1.57. The van der Waals surface area contributed by atoms with E-state index < -0.39 is 0 Å². The molecule has 1 saturated heterocycles. The van der Waals surface area contributed by atoms with Crippen LogP contribution in [0.25, 0.3) is 0 Å². The molecular weight excluding hydrogens is 172 g/mol. The molecule has 2 aliphatic rings. The van der Waals surface area contributed by atoms with Crippen molar-refractivity contribution in [3.05, 3.63) is 0 Å². The van der Waals surface area contributed by atoms with Gasteiger partial charge >= 0.3 is 0 Å². The van der Waals surface area contributed by atoms with Gasteiger partial charge in [0.25, 0.3) is 0 Å². The Morgan fingerprint density at radius 1 is 1.14 bits per heavy atom. The Bertz CT molecular complexity index is 156. The topological polar surface area (TPSA) is 24.1 Å². The Morgan fingerprint density at radius 3 is 2.57 bits per heavy atom. The molecule has 14 heavy (non-hydrogen) atoms. The van der Waals surface area contributed by atoms with Crippen LogP contribution in [0.2, 0.25) is 0 Å². The van der Waals surface area contributed by atoms with E-state index in [1.807, 2.05) is 0 Å². The first-order valence-electron chi connectivity index (χ1n) is 6.31. The fourth-order valence-electron chi connectivity index (χ4n) is 2.70. The van der Waals surface area contributed by atoms with E-state index >= 15 is 0 Å². The predicted molar refractivity (Wildman–Crippen MR) is 60.4 cm³/mol. The van der Waals surface area contributed by atoms with Crippen LogP contribution in [0.3, 0.4) is 0 Å². The third kappa shape index (κ3) is 2.96. The van der Waals surface area contributed by atoms with Gasteiger partial charge in [-0.15, -0.1) is 0 Å². The molecule has 1 aliphatic heterocycles. The van der Waals surface area contributed by atoms with E-state index in [1.165, 1.54) is 51.6 Å². The van der Waals surface area contributed by atoms with E-state index in [2.05, 4.69) is 17.6 Å². The molecule has 1 saturated carbocycles. The van der Waals surface area contributed by atoms with Crippen LogP contribution in [0.4, 0.5) is 0 Å². The Hall–Kier alpha value is -0.0800. The lowest BCUT2D eigenvalue weighted by Gasteiger charge is -2.28. The molecule has 1 atom stereocenters. The molecular formula is C12H24N2. The van der Waals surface area contributed by atoms with Crippen molar-refractivity contribution in [3.8, 4) is 0 Å². The fourth-order valence-corrected chi connectivity index (χ4v) is 2.70. The van der Waals surface area contributed by atoms with Gasteiger partial charge in [0.15, 0.2) is 0 Å². The second kappa shape index (κ2) is 5.13. The molecule has 2 fully saturated rings. The molecule has 2 nitrogen and oxygen atoms in total. The number of nitrogens with one attached hydrogen (secondary N) is 2. The Balaban J connectivity index is 1.60. The summed E-state index contributed by atoms with van der Waals surface area (Å²) in [6.07, 6.45) is 8.39. The lowest BCUT2D eigenvalue weighted by atomic mass is 9.87. The highest BCUT2D eigenvalue weighted by Gasteiger charge is 2.19. The van der Waals surface area contributed by atoms with Crippen LogP contribution in [-0.2, 0) is 0 Å². The van der Waals surface area contributed by atoms with Gasteiger partial charge in [0.1, 0.15) is 0 Å². The highest BCUT2D eigenvalue weighted by molar-refractivity contribution is 4.81. The first-order valence-corrected chi connectivity index (χ1v) is 6.31. The minimum Gasteiger partial charge on any atom is -0.313 e. The van der Waals surface area contributed by atoms with Crippen molar-refractivity contribution in [2.45, 2.75) is 57.5 Å². The molecule has 82 valence electrons. The lowest BCUT2D eigenvalue weighted by molar-refractivity contribution is 0.301. The van der Waals surface area contributed by atoms with Gasteiger partial charge in [-0.25, -0.2) is 0 Å². The van der Waals surface area contributed by atoms with Gasteiger partial charge in [0, 0.05) is 18.6 Å². The van der Waals surface area contributed by atoms with E-state index in [4.69, 9.17) is 0 Å². The second-order valence-electron chi connectivity index (χ2n) is 5.16. The van der Waals surface area contributed by atoms with Crippen molar-refractivity contribution >= 4 is 0 Å². The van der Waals surface area contributed by atoms with Gasteiger partial charge in [0.2, 0.25) is 0 Å². The molecule has 2 rings (SSSR count). The number of hydrogen-bond acceptors (Lipinski definition) is 2. The minimum absolute atomic E-state index is 0.759. The van der Waals surface area contributed by atoms with E-state index in [-0.39, 0.29) is 0 Å². The first-order chi connectivity index (χ1) is 6.84. The molecule has 2 heteroatoms. The Labute approximate surface area is 87.8 Å². The molecule has 0 aromatic carbocycles. The summed E-state index contributed by atoms with van der Waals surface area (Å²) in [7, 11) is 0. The maximum Gasteiger partial charge on any atom is 0.0193 e. The molecule has 0 aromatic rings. The zero-order valence-corrected chi connectivity index (χ0v) is 9.39. The minimum atomic E-state index is 0.759. The molecule has 0 amide bonds. The zero-order valence-electron chi connectivity index (χ0n) is 9.39. The van der Waals surface area contributed by atoms with Crippen molar-refractivity contribution in [1.29, 1.82) is 0 Å². The van der Waals surface area contributed by atoms with Crippen LogP contribution in [0.1, 0.15) is 45.4 Å². The molecule has 1 aliphatic carbocycles. The quantitative estimate of drug-likeness (QED) is 0.720. The van der Waals surface area contributed by atoms with Crippen LogP contribution < -0.4 is 10.6 Å². The van der Waals surface area contributed by atoms with Crippen molar-refractivity contribution in [1.82, 2.24) is 10.6 Å². The van der Waals surface area contributed by atoms with Gasteiger partial charge in [-0.2, -0.15) is 0 Å². The monoisotopic (exact) mass is 196 g/mol. The van der Waals surface area contributed by atoms with Crippen molar-refractivity contribution in [2.24, 2.45) is 5.92 Å². The van der Waals surface area contributed by atoms with E-state index in [9.17, 15) is 0 Å². The molecule has 1 unspecified atom stereocenters. The number of rotatable bonds is 3. The SMILES string of the molecule is CC1CCC(NCC2CCCN2)CC1. The van der Waals surface area contributed by atoms with Crippen LogP contribution in [-0.4, -0.2) is 25.2 Å². The first kappa shape index (κ1) is 10.4. The molecule has 2 N–H and O–H groups in total. The smallest absolute Gasteiger partial charge is 0.0193 e. The Morgan fingerprint density at radius 2 is 1.93 bits per heavy atom. The third-order valence-corrected chi connectivity index (χ3v) is 3.83. The van der Waals surface area contributed by atoms with Crippen molar-refractivity contribution in [3.63, 3.8) is 0 Å². The molecule has 0 bridgehead atoms. The summed E-state index contributed by atoms with van der Waals surface area (Å²) >= 11 is 0. The zero-order chi connectivity index (χ0) is 9.80. The van der Waals surface area contributed by atoms with E-state index in [1.54, 1.807) is 0 Å². The summed E-state index contributed by atoms with van der Waals surface area (Å²) in [4.78, 5) is 0. The normalized spacial score (nSPS) is 38.8. The summed E-state index contributed by atoms with van der Waals surface area (Å²) in [6.45, 7) is 4.81. The number of hydrogen-bond donors (Lipinski definition) is 2. The summed E-state index contributed by atoms with van der Waals surface area (Å²) in [5, 5.41) is 7.26. The van der Waals surface area contributed by atoms with Crippen LogP contribution in [0, 0.1) is 5.92 Å². The van der Waals surface area contributed by atoms with Crippen LogP contribution >= 0.6 is 0 Å². The second-order valence-corrected chi connectivity index (χ2v) is 5.16. The highest BCUT2D eigenvalue weighted by Crippen LogP contribution is 2.23. The van der Waals surface area contributed by atoms with E-state index in [0.29, 0.717) is 0 Å². The molecule has 1 heterocycles. The molecule has 0 radical (unpaired) electrons. The van der Waals surface area contributed by atoms with Gasteiger partial charge in [-0.05, 0) is 51.0 Å². The maximum absolute atomic E-state index is 3.72. The third-order valence-electron chi connectivity index (χ3n) is 3.83. The Kier molecular flexibility index (Phi) is 3.82. The van der Waals surface area contributed by atoms with Crippen LogP contribution in [0.15, 0.2) is 0 Å². The van der Waals surface area contributed by atoms with E-state index in [0.717, 1.165) is 18.0 Å². The average Bonchev–Trinajstić information content (AvgIpc) is 2.70. The van der Waals surface area contributed by atoms with Crippen molar-refractivity contribution in [2.75, 3.05) is 13.1 Å². The maximum atomic E-state index is 3.72. The standard InChI is InChI=1S/C12H24N2/c1-10-4-6-11(7-5-10)14-9-12-3-2-8-13-12/h10-14H,2-9H2,1H3. The summed E-state index contributed by atoms with van der Waals surface area (Å²) < 4.78 is 0. The van der Waals surface area contributed by atoms with Crippen LogP contribution in [0.5, 0.6) is 0 Å². The largest absolute Gasteiger partial charge is 0.313 e.